The first-order valence-electron chi connectivity index (χ1n) is 9.95. The number of nitrogens with zero attached hydrogens (tertiary/aromatic N) is 2. The Bertz CT molecular complexity index is 722. The van der Waals surface area contributed by atoms with Crippen molar-refractivity contribution in [3.63, 3.8) is 0 Å². The van der Waals surface area contributed by atoms with Crippen molar-refractivity contribution >= 4 is 11.8 Å². The number of hydrazine groups is 1. The molecule has 2 aromatic rings. The van der Waals surface area contributed by atoms with Gasteiger partial charge in [0.25, 0.3) is 5.91 Å². The number of rotatable bonds is 11. The molecule has 1 aromatic heterocycles. The van der Waals surface area contributed by atoms with Gasteiger partial charge < -0.3 is 5.32 Å². The third kappa shape index (κ3) is 6.78. The largest absolute Gasteiger partial charge is 0.351 e. The fraction of sp³-hybridized carbons (Fsp3) is 0.409. The number of pyridine rings is 1. The number of hydrogen-bond donors (Lipinski definition) is 2. The SMILES string of the molecule is CCCCN(NC(=O)c1ccncc1)C(CCC)C(=O)NCc1ccccc1. The molecule has 0 saturated carbocycles. The van der Waals surface area contributed by atoms with Crippen molar-refractivity contribution < 1.29 is 9.59 Å². The second-order valence-corrected chi connectivity index (χ2v) is 6.73. The first kappa shape index (κ1) is 21.6. The van der Waals surface area contributed by atoms with Crippen molar-refractivity contribution in [1.29, 1.82) is 0 Å². The van der Waals surface area contributed by atoms with Gasteiger partial charge in [-0.2, -0.15) is 0 Å². The highest BCUT2D eigenvalue weighted by Gasteiger charge is 2.26. The predicted molar refractivity (Wildman–Crippen MR) is 110 cm³/mol. The van der Waals surface area contributed by atoms with Gasteiger partial charge in [0.2, 0.25) is 5.91 Å². The highest BCUT2D eigenvalue weighted by atomic mass is 16.2. The molecule has 0 spiro atoms. The van der Waals surface area contributed by atoms with Crippen molar-refractivity contribution in [1.82, 2.24) is 20.7 Å². The van der Waals surface area contributed by atoms with Gasteiger partial charge in [-0.25, -0.2) is 5.01 Å². The molecule has 0 aliphatic heterocycles. The molecule has 2 amide bonds. The van der Waals surface area contributed by atoms with Crippen LogP contribution in [0.5, 0.6) is 0 Å². The summed E-state index contributed by atoms with van der Waals surface area (Å²) in [6, 6.07) is 12.7. The summed E-state index contributed by atoms with van der Waals surface area (Å²) in [5.41, 5.74) is 4.51. The van der Waals surface area contributed by atoms with Crippen LogP contribution in [0, 0.1) is 0 Å². The Morgan fingerprint density at radius 3 is 2.39 bits per heavy atom. The van der Waals surface area contributed by atoms with Crippen LogP contribution in [-0.4, -0.2) is 34.4 Å². The molecule has 1 heterocycles. The van der Waals surface area contributed by atoms with Crippen LogP contribution in [0.1, 0.15) is 55.5 Å². The Balaban J connectivity index is 2.08. The smallest absolute Gasteiger partial charge is 0.265 e. The molecular formula is C22H30N4O2. The lowest BCUT2D eigenvalue weighted by molar-refractivity contribution is -0.127. The van der Waals surface area contributed by atoms with Gasteiger partial charge in [-0.15, -0.1) is 0 Å². The summed E-state index contributed by atoms with van der Waals surface area (Å²) in [7, 11) is 0. The maximum atomic E-state index is 12.9. The van der Waals surface area contributed by atoms with Crippen molar-refractivity contribution in [2.24, 2.45) is 0 Å². The number of hydrogen-bond acceptors (Lipinski definition) is 4. The minimum atomic E-state index is -0.411. The van der Waals surface area contributed by atoms with Crippen LogP contribution in [0.3, 0.4) is 0 Å². The van der Waals surface area contributed by atoms with E-state index in [2.05, 4.69) is 22.7 Å². The minimum Gasteiger partial charge on any atom is -0.351 e. The molecule has 0 aliphatic rings. The lowest BCUT2D eigenvalue weighted by atomic mass is 10.1. The normalized spacial score (nSPS) is 11.8. The number of benzene rings is 1. The van der Waals surface area contributed by atoms with Crippen molar-refractivity contribution in [2.45, 2.75) is 52.1 Å². The van der Waals surface area contributed by atoms with Gasteiger partial charge in [0.1, 0.15) is 6.04 Å². The molecule has 0 bridgehead atoms. The fourth-order valence-corrected chi connectivity index (χ4v) is 2.92. The number of aromatic nitrogens is 1. The standard InChI is InChI=1S/C22H30N4O2/c1-3-5-16-26(25-21(27)19-12-14-23-15-13-19)20(9-4-2)22(28)24-17-18-10-7-6-8-11-18/h6-8,10-15,20H,3-5,9,16-17H2,1-2H3,(H,24,28)(H,25,27). The lowest BCUT2D eigenvalue weighted by Gasteiger charge is -2.31. The van der Waals surface area contributed by atoms with Crippen LogP contribution < -0.4 is 10.7 Å². The summed E-state index contributed by atoms with van der Waals surface area (Å²) in [6.07, 6.45) is 6.55. The van der Waals surface area contributed by atoms with Crippen LogP contribution in [-0.2, 0) is 11.3 Å². The summed E-state index contributed by atoms with van der Waals surface area (Å²) < 4.78 is 0. The third-order valence-electron chi connectivity index (χ3n) is 4.49. The number of nitrogens with one attached hydrogen (secondary N) is 2. The average molecular weight is 383 g/mol. The van der Waals surface area contributed by atoms with Gasteiger partial charge in [0.05, 0.1) is 0 Å². The third-order valence-corrected chi connectivity index (χ3v) is 4.49. The van der Waals surface area contributed by atoms with Gasteiger partial charge in [-0.1, -0.05) is 57.0 Å². The van der Waals surface area contributed by atoms with Crippen LogP contribution in [0.25, 0.3) is 0 Å². The van der Waals surface area contributed by atoms with E-state index in [0.717, 1.165) is 24.8 Å². The van der Waals surface area contributed by atoms with Crippen LogP contribution in [0.4, 0.5) is 0 Å². The van der Waals surface area contributed by atoms with E-state index in [1.807, 2.05) is 37.3 Å². The molecule has 0 aliphatic carbocycles. The Morgan fingerprint density at radius 2 is 1.75 bits per heavy atom. The topological polar surface area (TPSA) is 74.3 Å². The van der Waals surface area contributed by atoms with Crippen molar-refractivity contribution in [3.8, 4) is 0 Å². The van der Waals surface area contributed by atoms with Crippen molar-refractivity contribution in [3.05, 3.63) is 66.0 Å². The molecule has 0 radical (unpaired) electrons. The monoisotopic (exact) mass is 382 g/mol. The Morgan fingerprint density at radius 1 is 1.04 bits per heavy atom. The highest BCUT2D eigenvalue weighted by Crippen LogP contribution is 2.09. The number of unbranched alkanes of at least 4 members (excludes halogenated alkanes) is 1. The fourth-order valence-electron chi connectivity index (χ4n) is 2.92. The Kier molecular flexibility index (Phi) is 9.15. The van der Waals surface area contributed by atoms with Gasteiger partial charge in [-0.3, -0.25) is 20.0 Å². The highest BCUT2D eigenvalue weighted by molar-refractivity contribution is 5.94. The van der Waals surface area contributed by atoms with Crippen LogP contribution >= 0.6 is 0 Å². The molecule has 6 heteroatoms. The van der Waals surface area contributed by atoms with Crippen LogP contribution in [0.2, 0.25) is 0 Å². The van der Waals surface area contributed by atoms with Gasteiger partial charge in [-0.05, 0) is 30.5 Å². The molecule has 2 N–H and O–H groups in total. The van der Waals surface area contributed by atoms with E-state index in [0.29, 0.717) is 25.1 Å². The van der Waals surface area contributed by atoms with Gasteiger partial charge in [0.15, 0.2) is 0 Å². The molecule has 1 aromatic carbocycles. The lowest BCUT2D eigenvalue weighted by Crippen LogP contribution is -2.55. The number of amides is 2. The van der Waals surface area contributed by atoms with E-state index < -0.39 is 6.04 Å². The zero-order chi connectivity index (χ0) is 20.2. The summed E-state index contributed by atoms with van der Waals surface area (Å²) in [6.45, 7) is 5.23. The predicted octanol–water partition coefficient (Wildman–Crippen LogP) is 3.31. The van der Waals surface area contributed by atoms with Crippen LogP contribution in [0.15, 0.2) is 54.9 Å². The van der Waals surface area contributed by atoms with Gasteiger partial charge >= 0.3 is 0 Å². The maximum absolute atomic E-state index is 12.9. The molecule has 0 saturated heterocycles. The van der Waals surface area contributed by atoms with Crippen molar-refractivity contribution in [2.75, 3.05) is 6.54 Å². The van der Waals surface area contributed by atoms with E-state index >= 15 is 0 Å². The quantitative estimate of drug-likeness (QED) is 0.585. The maximum Gasteiger partial charge on any atom is 0.265 e. The molecule has 6 nitrogen and oxygen atoms in total. The van der Waals surface area contributed by atoms with E-state index in [1.165, 1.54) is 0 Å². The van der Waals surface area contributed by atoms with E-state index in [4.69, 9.17) is 0 Å². The van der Waals surface area contributed by atoms with E-state index in [-0.39, 0.29) is 11.8 Å². The summed E-state index contributed by atoms with van der Waals surface area (Å²) in [5.74, 6) is -0.299. The number of carbonyl (C=O) groups excluding carboxylic acids is 2. The molecular weight excluding hydrogens is 352 g/mol. The molecule has 1 unspecified atom stereocenters. The average Bonchev–Trinajstić information content (AvgIpc) is 2.74. The Hall–Kier alpha value is -2.73. The first-order chi connectivity index (χ1) is 13.7. The van der Waals surface area contributed by atoms with E-state index in [9.17, 15) is 9.59 Å². The molecule has 2 rings (SSSR count). The Labute approximate surface area is 167 Å². The minimum absolute atomic E-state index is 0.0724. The van der Waals surface area contributed by atoms with E-state index in [1.54, 1.807) is 29.5 Å². The molecule has 1 atom stereocenters. The van der Waals surface area contributed by atoms with Gasteiger partial charge in [0, 0.05) is 31.0 Å². The summed E-state index contributed by atoms with van der Waals surface area (Å²) in [5, 5.41) is 4.80. The molecule has 28 heavy (non-hydrogen) atoms. The zero-order valence-corrected chi connectivity index (χ0v) is 16.7. The number of carbonyl (C=O) groups is 2. The summed E-state index contributed by atoms with van der Waals surface area (Å²) in [4.78, 5) is 29.5. The zero-order valence-electron chi connectivity index (χ0n) is 16.7. The first-order valence-corrected chi connectivity index (χ1v) is 9.95. The molecule has 150 valence electrons. The summed E-state index contributed by atoms with van der Waals surface area (Å²) >= 11 is 0. The second-order valence-electron chi connectivity index (χ2n) is 6.73. The molecule has 0 fully saturated rings. The second kappa shape index (κ2) is 11.9.